The molecule has 0 aliphatic rings. The van der Waals surface area contributed by atoms with Crippen LogP contribution in [0.5, 0.6) is 0 Å². The molecule has 0 aliphatic heterocycles. The van der Waals surface area contributed by atoms with Crippen molar-refractivity contribution in [1.29, 1.82) is 0 Å². The molecule has 0 saturated carbocycles. The van der Waals surface area contributed by atoms with E-state index in [-0.39, 0.29) is 5.91 Å². The lowest BCUT2D eigenvalue weighted by molar-refractivity contribution is 0.0943. The highest BCUT2D eigenvalue weighted by Crippen LogP contribution is 2.31. The Bertz CT molecular complexity index is 616. The maximum atomic E-state index is 12.4. The van der Waals surface area contributed by atoms with Gasteiger partial charge in [-0.2, -0.15) is 0 Å². The van der Waals surface area contributed by atoms with E-state index < -0.39 is 0 Å². The van der Waals surface area contributed by atoms with Gasteiger partial charge in [-0.05, 0) is 33.5 Å². The maximum Gasteiger partial charge on any atom is 0.268 e. The molecule has 116 valence electrons. The maximum absolute atomic E-state index is 12.4. The van der Waals surface area contributed by atoms with Crippen molar-refractivity contribution in [1.82, 2.24) is 15.2 Å². The van der Waals surface area contributed by atoms with Crippen molar-refractivity contribution in [2.45, 2.75) is 19.9 Å². The normalized spacial score (nSPS) is 11.5. The number of fused-ring (bicyclic) bond motifs is 1. The second-order valence-corrected chi connectivity index (χ2v) is 6.67. The first kappa shape index (κ1) is 16.0. The summed E-state index contributed by atoms with van der Waals surface area (Å²) >= 11 is 1.73. The SMILES string of the molecule is COCCCNC(=O)c1[nH]c2cc(C)sc2c1CN(C)C. The predicted molar refractivity (Wildman–Crippen MR) is 87.1 cm³/mol. The number of amides is 1. The van der Waals surface area contributed by atoms with Crippen molar-refractivity contribution >= 4 is 27.5 Å². The number of thiophene rings is 1. The molecule has 5 nitrogen and oxygen atoms in total. The Balaban J connectivity index is 2.21. The molecule has 21 heavy (non-hydrogen) atoms. The fourth-order valence-electron chi connectivity index (χ4n) is 2.32. The number of nitrogens with zero attached hydrogens (tertiary/aromatic N) is 1. The summed E-state index contributed by atoms with van der Waals surface area (Å²) in [7, 11) is 5.69. The molecule has 2 aromatic heterocycles. The van der Waals surface area contributed by atoms with Gasteiger partial charge in [-0.3, -0.25) is 4.79 Å². The number of carbonyl (C=O) groups excluding carboxylic acids is 1. The number of carbonyl (C=O) groups is 1. The largest absolute Gasteiger partial charge is 0.385 e. The van der Waals surface area contributed by atoms with Gasteiger partial charge in [-0.15, -0.1) is 11.3 Å². The lowest BCUT2D eigenvalue weighted by Gasteiger charge is -2.11. The zero-order valence-corrected chi connectivity index (χ0v) is 13.9. The first-order valence-corrected chi connectivity index (χ1v) is 7.87. The number of H-pyrrole nitrogens is 1. The van der Waals surface area contributed by atoms with Crippen molar-refractivity contribution in [2.24, 2.45) is 0 Å². The molecule has 2 N–H and O–H groups in total. The number of nitrogens with one attached hydrogen (secondary N) is 2. The van der Waals surface area contributed by atoms with E-state index in [0.29, 0.717) is 18.8 Å². The minimum Gasteiger partial charge on any atom is -0.385 e. The zero-order valence-electron chi connectivity index (χ0n) is 13.1. The third-order valence-corrected chi connectivity index (χ3v) is 4.31. The van der Waals surface area contributed by atoms with Gasteiger partial charge in [0.25, 0.3) is 5.91 Å². The molecule has 0 aliphatic carbocycles. The lowest BCUT2D eigenvalue weighted by Crippen LogP contribution is -2.27. The summed E-state index contributed by atoms with van der Waals surface area (Å²) < 4.78 is 6.17. The van der Waals surface area contributed by atoms with Crippen LogP contribution in [0.3, 0.4) is 0 Å². The molecule has 1 amide bonds. The Morgan fingerprint density at radius 3 is 2.90 bits per heavy atom. The molecule has 0 radical (unpaired) electrons. The van der Waals surface area contributed by atoms with Gasteiger partial charge in [0.15, 0.2) is 0 Å². The average molecular weight is 309 g/mol. The summed E-state index contributed by atoms with van der Waals surface area (Å²) in [4.78, 5) is 19.0. The summed E-state index contributed by atoms with van der Waals surface area (Å²) in [5.41, 5.74) is 2.82. The van der Waals surface area contributed by atoms with Crippen molar-refractivity contribution in [3.05, 3.63) is 22.2 Å². The molecule has 2 rings (SSSR count). The van der Waals surface area contributed by atoms with Crippen LogP contribution in [0.2, 0.25) is 0 Å². The van der Waals surface area contributed by atoms with Crippen LogP contribution < -0.4 is 5.32 Å². The molecular weight excluding hydrogens is 286 g/mol. The van der Waals surface area contributed by atoms with Gasteiger partial charge in [0, 0.05) is 37.2 Å². The van der Waals surface area contributed by atoms with Gasteiger partial charge >= 0.3 is 0 Å². The summed E-state index contributed by atoms with van der Waals surface area (Å²) in [6.07, 6.45) is 0.819. The molecule has 0 saturated heterocycles. The number of hydrogen-bond donors (Lipinski definition) is 2. The van der Waals surface area contributed by atoms with Crippen molar-refractivity contribution < 1.29 is 9.53 Å². The van der Waals surface area contributed by atoms with Crippen LogP contribution in [0.1, 0.15) is 27.3 Å². The second kappa shape index (κ2) is 7.06. The van der Waals surface area contributed by atoms with E-state index in [1.807, 2.05) is 14.1 Å². The molecule has 6 heteroatoms. The zero-order chi connectivity index (χ0) is 15.4. The fourth-order valence-corrected chi connectivity index (χ4v) is 3.33. The van der Waals surface area contributed by atoms with E-state index in [2.05, 4.69) is 28.2 Å². The smallest absolute Gasteiger partial charge is 0.268 e. The highest BCUT2D eigenvalue weighted by atomic mass is 32.1. The number of aromatic nitrogens is 1. The average Bonchev–Trinajstić information content (AvgIpc) is 2.92. The van der Waals surface area contributed by atoms with Crippen LogP contribution in [0.4, 0.5) is 0 Å². The molecule has 0 spiro atoms. The number of hydrogen-bond acceptors (Lipinski definition) is 4. The van der Waals surface area contributed by atoms with E-state index in [0.717, 1.165) is 24.0 Å². The minimum absolute atomic E-state index is 0.0380. The summed E-state index contributed by atoms with van der Waals surface area (Å²) in [5, 5.41) is 2.95. The molecule has 0 unspecified atom stereocenters. The Kier molecular flexibility index (Phi) is 5.39. The quantitative estimate of drug-likeness (QED) is 0.772. The van der Waals surface area contributed by atoms with Gasteiger partial charge < -0.3 is 19.9 Å². The van der Waals surface area contributed by atoms with E-state index in [4.69, 9.17) is 4.74 Å². The molecule has 2 heterocycles. The lowest BCUT2D eigenvalue weighted by atomic mass is 10.2. The van der Waals surface area contributed by atoms with Crippen LogP contribution in [0, 0.1) is 6.92 Å². The number of aryl methyl sites for hydroxylation is 1. The Hall–Kier alpha value is -1.37. The van der Waals surface area contributed by atoms with E-state index >= 15 is 0 Å². The summed E-state index contributed by atoms with van der Waals surface area (Å²) in [6.45, 7) is 4.12. The van der Waals surface area contributed by atoms with Crippen LogP contribution in [0.25, 0.3) is 10.2 Å². The molecule has 0 fully saturated rings. The number of rotatable bonds is 7. The third kappa shape index (κ3) is 3.84. The van der Waals surface area contributed by atoms with Crippen molar-refractivity contribution in [3.8, 4) is 0 Å². The fraction of sp³-hybridized carbons (Fsp3) is 0.533. The highest BCUT2D eigenvalue weighted by Gasteiger charge is 2.19. The molecular formula is C15H23N3O2S. The van der Waals surface area contributed by atoms with E-state index in [9.17, 15) is 4.79 Å². The summed E-state index contributed by atoms with van der Waals surface area (Å²) in [6, 6.07) is 2.10. The van der Waals surface area contributed by atoms with Crippen LogP contribution in [-0.4, -0.2) is 50.1 Å². The third-order valence-electron chi connectivity index (χ3n) is 3.20. The Morgan fingerprint density at radius 1 is 1.48 bits per heavy atom. The highest BCUT2D eigenvalue weighted by molar-refractivity contribution is 7.19. The number of ether oxygens (including phenoxy) is 1. The van der Waals surface area contributed by atoms with E-state index in [1.54, 1.807) is 18.4 Å². The molecule has 0 bridgehead atoms. The standard InChI is InChI=1S/C15H23N3O2S/c1-10-8-12-14(21-10)11(9-18(2)3)13(17-12)15(19)16-6-5-7-20-4/h8,17H,5-7,9H2,1-4H3,(H,16,19). The van der Waals surface area contributed by atoms with Crippen molar-refractivity contribution in [2.75, 3.05) is 34.4 Å². The van der Waals surface area contributed by atoms with Gasteiger partial charge in [-0.1, -0.05) is 0 Å². The monoisotopic (exact) mass is 309 g/mol. The first-order chi connectivity index (χ1) is 10.0. The van der Waals surface area contributed by atoms with Gasteiger partial charge in [0.05, 0.1) is 10.2 Å². The Labute approximate surface area is 129 Å². The topological polar surface area (TPSA) is 57.4 Å². The van der Waals surface area contributed by atoms with Gasteiger partial charge in [0.2, 0.25) is 0 Å². The number of aromatic amines is 1. The van der Waals surface area contributed by atoms with Gasteiger partial charge in [-0.25, -0.2) is 0 Å². The first-order valence-electron chi connectivity index (χ1n) is 7.05. The minimum atomic E-state index is -0.0380. The molecule has 2 aromatic rings. The van der Waals surface area contributed by atoms with Gasteiger partial charge in [0.1, 0.15) is 5.69 Å². The Morgan fingerprint density at radius 2 is 2.24 bits per heavy atom. The van der Waals surface area contributed by atoms with E-state index in [1.165, 1.54) is 9.58 Å². The predicted octanol–water partition coefficient (Wildman–Crippen LogP) is 2.37. The molecule has 0 atom stereocenters. The number of methoxy groups -OCH3 is 1. The van der Waals surface area contributed by atoms with Crippen molar-refractivity contribution in [3.63, 3.8) is 0 Å². The van der Waals surface area contributed by atoms with Crippen LogP contribution >= 0.6 is 11.3 Å². The van der Waals surface area contributed by atoms with Crippen LogP contribution in [0.15, 0.2) is 6.07 Å². The van der Waals surface area contributed by atoms with Crippen LogP contribution in [-0.2, 0) is 11.3 Å². The molecule has 0 aromatic carbocycles. The summed E-state index contributed by atoms with van der Waals surface area (Å²) in [5.74, 6) is -0.0380. The second-order valence-electron chi connectivity index (χ2n) is 5.42.